The molecule has 12 nitrogen and oxygen atoms in total. The quantitative estimate of drug-likeness (QED) is 0.293. The van der Waals surface area contributed by atoms with Crippen LogP contribution in [0.25, 0.3) is 22.5 Å². The minimum absolute atomic E-state index is 0.0512. The molecule has 1 saturated carbocycles. The summed E-state index contributed by atoms with van der Waals surface area (Å²) in [5, 5.41) is 9.37. The summed E-state index contributed by atoms with van der Waals surface area (Å²) in [5.74, 6) is -0.258. The molecule has 1 aliphatic carbocycles. The lowest BCUT2D eigenvalue weighted by Gasteiger charge is -2.37. The number of aryl methyl sites for hydroxylation is 1. The Labute approximate surface area is 237 Å². The van der Waals surface area contributed by atoms with Crippen molar-refractivity contribution in [2.75, 3.05) is 12.4 Å². The molecule has 2 amide bonds. The molecule has 3 aromatic heterocycles. The van der Waals surface area contributed by atoms with Crippen molar-refractivity contribution in [3.05, 3.63) is 60.2 Å². The van der Waals surface area contributed by atoms with E-state index in [4.69, 9.17) is 9.15 Å². The van der Waals surface area contributed by atoms with Crippen LogP contribution in [0.15, 0.2) is 58.3 Å². The molecule has 1 aromatic carbocycles. The van der Waals surface area contributed by atoms with Gasteiger partial charge in [0.2, 0.25) is 5.89 Å². The fourth-order valence-corrected chi connectivity index (χ4v) is 5.86. The number of alkyl carbamates (subject to hydrolysis) is 1. The topological polar surface area (TPSA) is 157 Å². The van der Waals surface area contributed by atoms with Gasteiger partial charge in [0, 0.05) is 36.9 Å². The van der Waals surface area contributed by atoms with Gasteiger partial charge in [0.25, 0.3) is 15.9 Å². The maximum absolute atomic E-state index is 13.5. The standard InChI is InChI=1S/C28H32N6O6S/c1-16-6-8-19(9-7-16)41(37,38)34-11-10-20-23(31-17-12-18(13-17)32-27(36)40-28(2,3)4)21(14-30-24(20)34)26-33-22(15-39-26)25(35)29-5/h6-11,14-15,17-18H,12-13H2,1-5H3,(H,29,35)(H,30,31)(H,32,36). The number of amides is 2. The van der Waals surface area contributed by atoms with Crippen LogP contribution in [0.3, 0.4) is 0 Å². The first-order valence-electron chi connectivity index (χ1n) is 13.1. The molecule has 3 heterocycles. The number of oxazole rings is 1. The summed E-state index contributed by atoms with van der Waals surface area (Å²) in [6, 6.07) is 8.12. The van der Waals surface area contributed by atoms with Gasteiger partial charge in [0.15, 0.2) is 11.3 Å². The van der Waals surface area contributed by atoms with E-state index >= 15 is 0 Å². The van der Waals surface area contributed by atoms with Gasteiger partial charge >= 0.3 is 6.09 Å². The zero-order chi connectivity index (χ0) is 29.5. The van der Waals surface area contributed by atoms with Crippen LogP contribution in [0.5, 0.6) is 0 Å². The highest BCUT2D eigenvalue weighted by atomic mass is 32.2. The van der Waals surface area contributed by atoms with E-state index in [1.807, 2.05) is 6.92 Å². The molecule has 0 bridgehead atoms. The molecule has 5 rings (SSSR count). The third-order valence-electron chi connectivity index (χ3n) is 6.66. The van der Waals surface area contributed by atoms with Crippen molar-refractivity contribution in [2.45, 2.75) is 63.1 Å². The first-order chi connectivity index (χ1) is 19.4. The van der Waals surface area contributed by atoms with Gasteiger partial charge in [0.05, 0.1) is 16.1 Å². The van der Waals surface area contributed by atoms with E-state index in [9.17, 15) is 18.0 Å². The van der Waals surface area contributed by atoms with Gasteiger partial charge < -0.3 is 25.1 Å². The smallest absolute Gasteiger partial charge is 0.407 e. The molecule has 0 atom stereocenters. The number of nitrogens with one attached hydrogen (secondary N) is 3. The number of carbonyl (C=O) groups excluding carboxylic acids is 2. The molecular formula is C28H32N6O6S. The van der Waals surface area contributed by atoms with E-state index in [2.05, 4.69) is 25.9 Å². The van der Waals surface area contributed by atoms with E-state index in [1.165, 1.54) is 25.7 Å². The minimum atomic E-state index is -3.93. The number of aromatic nitrogens is 3. The van der Waals surface area contributed by atoms with Gasteiger partial charge in [-0.25, -0.2) is 27.2 Å². The number of fused-ring (bicyclic) bond motifs is 1. The Kier molecular flexibility index (Phi) is 7.24. The third-order valence-corrected chi connectivity index (χ3v) is 8.34. The molecule has 1 fully saturated rings. The molecule has 0 saturated heterocycles. The molecule has 0 radical (unpaired) electrons. The molecule has 13 heteroatoms. The lowest BCUT2D eigenvalue weighted by Crippen LogP contribution is -2.50. The first kappa shape index (κ1) is 28.1. The summed E-state index contributed by atoms with van der Waals surface area (Å²) in [5.41, 5.74) is 1.67. The molecular weight excluding hydrogens is 548 g/mol. The van der Waals surface area contributed by atoms with Gasteiger partial charge in [-0.3, -0.25) is 4.79 Å². The number of pyridine rings is 1. The van der Waals surface area contributed by atoms with E-state index < -0.39 is 27.6 Å². The number of hydrogen-bond donors (Lipinski definition) is 3. The Balaban J connectivity index is 1.48. The number of nitrogens with zero attached hydrogens (tertiary/aromatic N) is 3. The molecule has 1 aliphatic rings. The Hall–Kier alpha value is -4.39. The lowest BCUT2D eigenvalue weighted by molar-refractivity contribution is 0.0475. The molecule has 4 aromatic rings. The van der Waals surface area contributed by atoms with Crippen LogP contribution >= 0.6 is 0 Å². The number of hydrogen-bond acceptors (Lipinski definition) is 9. The van der Waals surface area contributed by atoms with Gasteiger partial charge in [-0.2, -0.15) is 0 Å². The van der Waals surface area contributed by atoms with Crippen LogP contribution in [-0.2, 0) is 14.8 Å². The van der Waals surface area contributed by atoms with Crippen LogP contribution in [0.1, 0.15) is 49.7 Å². The van der Waals surface area contributed by atoms with Crippen LogP contribution in [-0.4, -0.2) is 59.1 Å². The average molecular weight is 581 g/mol. The highest BCUT2D eigenvalue weighted by Crippen LogP contribution is 2.37. The van der Waals surface area contributed by atoms with E-state index in [-0.39, 0.29) is 34.2 Å². The number of ether oxygens (including phenoxy) is 1. The Morgan fingerprint density at radius 3 is 2.46 bits per heavy atom. The van der Waals surface area contributed by atoms with E-state index in [0.717, 1.165) is 9.54 Å². The molecule has 41 heavy (non-hydrogen) atoms. The summed E-state index contributed by atoms with van der Waals surface area (Å²) in [4.78, 5) is 33.2. The summed E-state index contributed by atoms with van der Waals surface area (Å²) < 4.78 is 39.1. The first-order valence-corrected chi connectivity index (χ1v) is 14.6. The maximum Gasteiger partial charge on any atom is 0.407 e. The number of carbonyl (C=O) groups is 2. The van der Waals surface area contributed by atoms with Gasteiger partial charge in [-0.05, 0) is 58.7 Å². The minimum Gasteiger partial charge on any atom is -0.444 e. The second kappa shape index (κ2) is 10.5. The summed E-state index contributed by atoms with van der Waals surface area (Å²) in [7, 11) is -2.44. The summed E-state index contributed by atoms with van der Waals surface area (Å²) in [6.45, 7) is 7.29. The van der Waals surface area contributed by atoms with Gasteiger partial charge in [0.1, 0.15) is 11.9 Å². The second-order valence-corrected chi connectivity index (χ2v) is 12.8. The predicted molar refractivity (Wildman–Crippen MR) is 152 cm³/mol. The van der Waals surface area contributed by atoms with Crippen molar-refractivity contribution in [3.63, 3.8) is 0 Å². The zero-order valence-corrected chi connectivity index (χ0v) is 24.2. The van der Waals surface area contributed by atoms with Crippen LogP contribution in [0, 0.1) is 6.92 Å². The molecule has 216 valence electrons. The lowest BCUT2D eigenvalue weighted by atomic mass is 9.86. The Morgan fingerprint density at radius 1 is 1.10 bits per heavy atom. The number of rotatable bonds is 7. The van der Waals surface area contributed by atoms with Crippen molar-refractivity contribution in [3.8, 4) is 11.5 Å². The summed E-state index contributed by atoms with van der Waals surface area (Å²) >= 11 is 0. The van der Waals surface area contributed by atoms with Crippen LogP contribution < -0.4 is 16.0 Å². The number of anilines is 1. The molecule has 3 N–H and O–H groups in total. The Morgan fingerprint density at radius 2 is 1.80 bits per heavy atom. The van der Waals surface area contributed by atoms with E-state index in [1.54, 1.807) is 51.1 Å². The highest BCUT2D eigenvalue weighted by molar-refractivity contribution is 7.90. The fourth-order valence-electron chi connectivity index (χ4n) is 4.56. The normalized spacial score (nSPS) is 17.1. The summed E-state index contributed by atoms with van der Waals surface area (Å²) in [6.07, 6.45) is 4.92. The van der Waals surface area contributed by atoms with Gasteiger partial charge in [-0.15, -0.1) is 0 Å². The average Bonchev–Trinajstić information content (AvgIpc) is 3.54. The molecule has 0 aliphatic heterocycles. The van der Waals surface area contributed by atoms with Crippen molar-refractivity contribution in [1.29, 1.82) is 0 Å². The molecule has 0 unspecified atom stereocenters. The van der Waals surface area contributed by atoms with E-state index in [0.29, 0.717) is 29.5 Å². The predicted octanol–water partition coefficient (Wildman–Crippen LogP) is 4.06. The highest BCUT2D eigenvalue weighted by Gasteiger charge is 2.33. The largest absolute Gasteiger partial charge is 0.444 e. The van der Waals surface area contributed by atoms with Crippen molar-refractivity contribution in [2.24, 2.45) is 0 Å². The van der Waals surface area contributed by atoms with Gasteiger partial charge in [-0.1, -0.05) is 17.7 Å². The van der Waals surface area contributed by atoms with Crippen molar-refractivity contribution in [1.82, 2.24) is 24.6 Å². The molecule has 0 spiro atoms. The zero-order valence-electron chi connectivity index (χ0n) is 23.4. The van der Waals surface area contributed by atoms with Crippen LogP contribution in [0.2, 0.25) is 0 Å². The third kappa shape index (κ3) is 5.75. The van der Waals surface area contributed by atoms with Crippen LogP contribution in [0.4, 0.5) is 10.5 Å². The number of benzene rings is 1. The fraction of sp³-hybridized carbons (Fsp3) is 0.357. The monoisotopic (exact) mass is 580 g/mol. The Bertz CT molecular complexity index is 1710. The SMILES string of the molecule is CNC(=O)c1coc(-c2cnc3c(ccn3S(=O)(=O)c3ccc(C)cc3)c2NC2CC(NC(=O)OC(C)(C)C)C2)n1. The maximum atomic E-state index is 13.5. The second-order valence-electron chi connectivity index (χ2n) is 11.0. The van der Waals surface area contributed by atoms with Crippen molar-refractivity contribution >= 4 is 38.7 Å². The van der Waals surface area contributed by atoms with Crippen molar-refractivity contribution < 1.29 is 27.2 Å².